The zero-order chi connectivity index (χ0) is 15.2. The highest BCUT2D eigenvalue weighted by Gasteiger charge is 2.28. The van der Waals surface area contributed by atoms with Crippen molar-refractivity contribution in [2.75, 3.05) is 26.2 Å². The Morgan fingerprint density at radius 1 is 1.27 bits per heavy atom. The molecule has 0 aromatic carbocycles. The molecule has 5 nitrogen and oxygen atoms in total. The number of rotatable bonds is 5. The molecule has 0 aliphatic carbocycles. The summed E-state index contributed by atoms with van der Waals surface area (Å²) in [6.45, 7) is 5.43. The van der Waals surface area contributed by atoms with Gasteiger partial charge in [0.15, 0.2) is 0 Å². The van der Waals surface area contributed by atoms with E-state index in [4.69, 9.17) is 5.73 Å². The third kappa shape index (κ3) is 5.13. The highest BCUT2D eigenvalue weighted by molar-refractivity contribution is 5.85. The van der Waals surface area contributed by atoms with Gasteiger partial charge in [-0.05, 0) is 38.0 Å². The summed E-state index contributed by atoms with van der Waals surface area (Å²) in [6, 6.07) is -0.338. The topological polar surface area (TPSA) is 66.6 Å². The average molecular weight is 332 g/mol. The van der Waals surface area contributed by atoms with E-state index < -0.39 is 0 Å². The summed E-state index contributed by atoms with van der Waals surface area (Å²) in [5.41, 5.74) is 5.92. The minimum atomic E-state index is -0.338. The summed E-state index contributed by atoms with van der Waals surface area (Å²) >= 11 is 0. The van der Waals surface area contributed by atoms with Gasteiger partial charge in [0.25, 0.3) is 0 Å². The van der Waals surface area contributed by atoms with E-state index >= 15 is 0 Å². The van der Waals surface area contributed by atoms with Crippen molar-refractivity contribution in [2.45, 2.75) is 57.9 Å². The number of nitrogens with two attached hydrogens (primary N) is 1. The maximum atomic E-state index is 12.2. The normalized spacial score (nSPS) is 21.5. The Hall–Kier alpha value is -0.810. The van der Waals surface area contributed by atoms with E-state index in [-0.39, 0.29) is 24.4 Å². The van der Waals surface area contributed by atoms with Crippen LogP contribution in [0.2, 0.25) is 0 Å². The molecule has 0 bridgehead atoms. The number of hydrogen-bond acceptors (Lipinski definition) is 3. The van der Waals surface area contributed by atoms with Crippen molar-refractivity contribution in [3.05, 3.63) is 0 Å². The average Bonchev–Trinajstić information content (AvgIpc) is 2.50. The standard InChI is InChI=1S/C16H29N3O2.ClH/c1-2-5-14(17)16(21)18-10-7-13(8-11-18)12-19-9-4-3-6-15(19)20;/h13-14H,2-12,17H2,1H3;1H. The van der Waals surface area contributed by atoms with Crippen LogP contribution in [0.4, 0.5) is 0 Å². The van der Waals surface area contributed by atoms with Gasteiger partial charge in [-0.3, -0.25) is 9.59 Å². The Bertz CT molecular complexity index is 370. The maximum absolute atomic E-state index is 12.2. The first-order chi connectivity index (χ1) is 10.1. The number of piperidine rings is 2. The summed E-state index contributed by atoms with van der Waals surface area (Å²) in [4.78, 5) is 28.0. The van der Waals surface area contributed by atoms with Crippen LogP contribution < -0.4 is 5.73 Å². The first kappa shape index (κ1) is 19.2. The predicted molar refractivity (Wildman–Crippen MR) is 89.9 cm³/mol. The molecule has 128 valence electrons. The molecule has 2 saturated heterocycles. The molecule has 6 heteroatoms. The Kier molecular flexibility index (Phi) is 8.18. The molecule has 0 spiro atoms. The highest BCUT2D eigenvalue weighted by atomic mass is 35.5. The van der Waals surface area contributed by atoms with E-state index in [2.05, 4.69) is 6.92 Å². The van der Waals surface area contributed by atoms with Crippen LogP contribution in [0.1, 0.15) is 51.9 Å². The Morgan fingerprint density at radius 3 is 2.55 bits per heavy atom. The third-order valence-corrected chi connectivity index (χ3v) is 4.74. The zero-order valence-corrected chi connectivity index (χ0v) is 14.4. The minimum Gasteiger partial charge on any atom is -0.342 e. The molecule has 22 heavy (non-hydrogen) atoms. The number of nitrogens with zero attached hydrogens (tertiary/aromatic N) is 2. The molecule has 0 aromatic rings. The van der Waals surface area contributed by atoms with Crippen LogP contribution in [-0.4, -0.2) is 53.8 Å². The number of halogens is 1. The predicted octanol–water partition coefficient (Wildman–Crippen LogP) is 1.79. The first-order valence-corrected chi connectivity index (χ1v) is 8.44. The van der Waals surface area contributed by atoms with Crippen LogP contribution in [0.25, 0.3) is 0 Å². The highest BCUT2D eigenvalue weighted by Crippen LogP contribution is 2.21. The van der Waals surface area contributed by atoms with Gasteiger partial charge in [0, 0.05) is 32.6 Å². The molecule has 2 fully saturated rings. The summed E-state index contributed by atoms with van der Waals surface area (Å²) in [5.74, 6) is 0.951. The lowest BCUT2D eigenvalue weighted by Crippen LogP contribution is -2.48. The molecule has 2 heterocycles. The van der Waals surface area contributed by atoms with Gasteiger partial charge in [0.05, 0.1) is 6.04 Å². The van der Waals surface area contributed by atoms with E-state index in [0.29, 0.717) is 18.2 Å². The fourth-order valence-corrected chi connectivity index (χ4v) is 3.37. The Labute approximate surface area is 140 Å². The number of amides is 2. The summed E-state index contributed by atoms with van der Waals surface area (Å²) < 4.78 is 0. The van der Waals surface area contributed by atoms with Gasteiger partial charge in [-0.25, -0.2) is 0 Å². The lowest BCUT2D eigenvalue weighted by Gasteiger charge is -2.37. The monoisotopic (exact) mass is 331 g/mol. The van der Waals surface area contributed by atoms with E-state index in [1.165, 1.54) is 0 Å². The molecule has 0 radical (unpaired) electrons. The van der Waals surface area contributed by atoms with Gasteiger partial charge in [-0.2, -0.15) is 0 Å². The second-order valence-electron chi connectivity index (χ2n) is 6.46. The van der Waals surface area contributed by atoms with Crippen molar-refractivity contribution in [3.8, 4) is 0 Å². The molecule has 0 saturated carbocycles. The summed E-state index contributed by atoms with van der Waals surface area (Å²) in [5, 5.41) is 0. The lowest BCUT2D eigenvalue weighted by molar-refractivity contribution is -0.137. The smallest absolute Gasteiger partial charge is 0.239 e. The van der Waals surface area contributed by atoms with Crippen LogP contribution >= 0.6 is 12.4 Å². The van der Waals surface area contributed by atoms with Crippen molar-refractivity contribution in [1.82, 2.24) is 9.80 Å². The van der Waals surface area contributed by atoms with Gasteiger partial charge in [0.2, 0.25) is 11.8 Å². The quantitative estimate of drug-likeness (QED) is 0.835. The molecule has 2 N–H and O–H groups in total. The van der Waals surface area contributed by atoms with Crippen molar-refractivity contribution in [3.63, 3.8) is 0 Å². The fourth-order valence-electron chi connectivity index (χ4n) is 3.37. The van der Waals surface area contributed by atoms with Crippen LogP contribution in [0, 0.1) is 5.92 Å². The Morgan fingerprint density at radius 2 is 1.95 bits per heavy atom. The number of likely N-dealkylation sites (tertiary alicyclic amines) is 2. The number of carbonyl (C=O) groups is 2. The number of carbonyl (C=O) groups excluding carboxylic acids is 2. The Balaban J connectivity index is 0.00000242. The van der Waals surface area contributed by atoms with Gasteiger partial charge in [0.1, 0.15) is 0 Å². The third-order valence-electron chi connectivity index (χ3n) is 4.74. The van der Waals surface area contributed by atoms with E-state index in [9.17, 15) is 9.59 Å². The largest absolute Gasteiger partial charge is 0.342 e. The van der Waals surface area contributed by atoms with Crippen molar-refractivity contribution >= 4 is 24.2 Å². The van der Waals surface area contributed by atoms with E-state index in [0.717, 1.165) is 64.7 Å². The van der Waals surface area contributed by atoms with Crippen LogP contribution in [0.5, 0.6) is 0 Å². The summed E-state index contributed by atoms with van der Waals surface area (Å²) in [7, 11) is 0. The molecule has 2 aliphatic rings. The molecular formula is C16H30ClN3O2. The van der Waals surface area contributed by atoms with Crippen molar-refractivity contribution in [1.29, 1.82) is 0 Å². The molecule has 2 rings (SSSR count). The molecule has 1 atom stereocenters. The van der Waals surface area contributed by atoms with E-state index in [1.807, 2.05) is 9.80 Å². The first-order valence-electron chi connectivity index (χ1n) is 8.44. The SMILES string of the molecule is CCCC(N)C(=O)N1CCC(CN2CCCCC2=O)CC1.Cl. The fraction of sp³-hybridized carbons (Fsp3) is 0.875. The number of hydrogen-bond donors (Lipinski definition) is 1. The molecule has 0 aromatic heterocycles. The molecular weight excluding hydrogens is 302 g/mol. The lowest BCUT2D eigenvalue weighted by atomic mass is 9.94. The van der Waals surface area contributed by atoms with Crippen molar-refractivity contribution < 1.29 is 9.59 Å². The van der Waals surface area contributed by atoms with Crippen LogP contribution in [0.15, 0.2) is 0 Å². The second kappa shape index (κ2) is 9.36. The zero-order valence-electron chi connectivity index (χ0n) is 13.6. The van der Waals surface area contributed by atoms with Crippen molar-refractivity contribution in [2.24, 2.45) is 11.7 Å². The molecule has 2 amide bonds. The maximum Gasteiger partial charge on any atom is 0.239 e. The van der Waals surface area contributed by atoms with Crippen LogP contribution in [0.3, 0.4) is 0 Å². The summed E-state index contributed by atoms with van der Waals surface area (Å²) in [6.07, 6.45) is 6.58. The van der Waals surface area contributed by atoms with E-state index in [1.54, 1.807) is 0 Å². The minimum absolute atomic E-state index is 0. The second-order valence-corrected chi connectivity index (χ2v) is 6.46. The molecule has 2 aliphatic heterocycles. The van der Waals surface area contributed by atoms with Gasteiger partial charge in [-0.1, -0.05) is 13.3 Å². The van der Waals surface area contributed by atoms with Gasteiger partial charge >= 0.3 is 0 Å². The van der Waals surface area contributed by atoms with Crippen LogP contribution in [-0.2, 0) is 9.59 Å². The van der Waals surface area contributed by atoms with Gasteiger partial charge < -0.3 is 15.5 Å². The molecule has 1 unspecified atom stereocenters. The van der Waals surface area contributed by atoms with Gasteiger partial charge in [-0.15, -0.1) is 12.4 Å².